The molecule has 0 bridgehead atoms. The third-order valence-corrected chi connectivity index (χ3v) is 1.93. The first-order valence-corrected chi connectivity index (χ1v) is 3.80. The fourth-order valence-electron chi connectivity index (χ4n) is 1.10. The zero-order valence-corrected chi connectivity index (χ0v) is 7.40. The van der Waals surface area contributed by atoms with E-state index in [4.69, 9.17) is 5.73 Å². The van der Waals surface area contributed by atoms with E-state index in [9.17, 15) is 14.4 Å². The summed E-state index contributed by atoms with van der Waals surface area (Å²) in [7, 11) is 0. The highest BCUT2D eigenvalue weighted by atomic mass is 16.2. The van der Waals surface area contributed by atoms with Crippen LogP contribution in [0, 0.1) is 0 Å². The summed E-state index contributed by atoms with van der Waals surface area (Å²) >= 11 is 0. The van der Waals surface area contributed by atoms with Gasteiger partial charge < -0.3 is 5.73 Å². The quantitative estimate of drug-likeness (QED) is 0.566. The minimum Gasteiger partial charge on any atom is -0.368 e. The maximum absolute atomic E-state index is 11.3. The van der Waals surface area contributed by atoms with Crippen LogP contribution < -0.4 is 5.73 Å². The topological polar surface area (TPSA) is 80.5 Å². The Kier molecular flexibility index (Phi) is 2.18. The van der Waals surface area contributed by atoms with E-state index in [1.807, 2.05) is 0 Å². The van der Waals surface area contributed by atoms with E-state index < -0.39 is 23.8 Å². The van der Waals surface area contributed by atoms with Crippen molar-refractivity contribution < 1.29 is 14.4 Å². The van der Waals surface area contributed by atoms with Crippen LogP contribution in [0.3, 0.4) is 0 Å². The molecule has 1 aliphatic heterocycles. The lowest BCUT2D eigenvalue weighted by Gasteiger charge is -2.19. The summed E-state index contributed by atoms with van der Waals surface area (Å²) in [6.07, 6.45) is 1.20. The third-order valence-electron chi connectivity index (χ3n) is 1.93. The molecule has 2 N–H and O–H groups in total. The lowest BCUT2D eigenvalue weighted by molar-refractivity contribution is -0.144. The van der Waals surface area contributed by atoms with Gasteiger partial charge in [0.25, 0.3) is 11.8 Å². The number of amides is 3. The minimum absolute atomic E-state index is 0.332. The Morgan fingerprint density at radius 1 is 1.54 bits per heavy atom. The molecule has 0 aliphatic carbocycles. The molecule has 0 aromatic rings. The van der Waals surface area contributed by atoms with Gasteiger partial charge in [0, 0.05) is 11.6 Å². The highest BCUT2D eigenvalue weighted by Crippen LogP contribution is 2.14. The maximum atomic E-state index is 11.3. The predicted molar refractivity (Wildman–Crippen MR) is 44.3 cm³/mol. The van der Waals surface area contributed by atoms with E-state index >= 15 is 0 Å². The number of nitrogens with two attached hydrogens (primary N) is 1. The molecule has 0 aromatic carbocycles. The van der Waals surface area contributed by atoms with Crippen molar-refractivity contribution >= 4 is 17.7 Å². The standard InChI is InChI=1S/C8H10N2O3/c1-4-3-6(11)10(8(4)13)5(2)7(9)12/h3,5H,1-2H3,(H2,9,12). The van der Waals surface area contributed by atoms with Crippen molar-refractivity contribution in [3.05, 3.63) is 11.6 Å². The lowest BCUT2D eigenvalue weighted by atomic mass is 10.2. The highest BCUT2D eigenvalue weighted by Gasteiger charge is 2.34. The van der Waals surface area contributed by atoms with Crippen LogP contribution in [-0.4, -0.2) is 28.7 Å². The van der Waals surface area contributed by atoms with E-state index in [1.165, 1.54) is 19.9 Å². The molecule has 1 atom stereocenters. The molecule has 0 saturated heterocycles. The van der Waals surface area contributed by atoms with E-state index in [0.29, 0.717) is 5.57 Å². The van der Waals surface area contributed by atoms with Gasteiger partial charge in [-0.3, -0.25) is 19.3 Å². The van der Waals surface area contributed by atoms with Crippen molar-refractivity contribution in [3.8, 4) is 0 Å². The first-order chi connectivity index (χ1) is 5.95. The Bertz CT molecular complexity index is 319. The molecule has 0 aromatic heterocycles. The first-order valence-electron chi connectivity index (χ1n) is 3.80. The van der Waals surface area contributed by atoms with Crippen LogP contribution in [0.5, 0.6) is 0 Å². The second-order valence-corrected chi connectivity index (χ2v) is 2.92. The smallest absolute Gasteiger partial charge is 0.257 e. The Hall–Kier alpha value is -1.65. The minimum atomic E-state index is -0.881. The average Bonchev–Trinajstić information content (AvgIpc) is 2.26. The Morgan fingerprint density at radius 2 is 2.08 bits per heavy atom. The van der Waals surface area contributed by atoms with Gasteiger partial charge in [-0.25, -0.2) is 0 Å². The van der Waals surface area contributed by atoms with Crippen molar-refractivity contribution in [1.29, 1.82) is 0 Å². The fraction of sp³-hybridized carbons (Fsp3) is 0.375. The molecule has 1 rings (SSSR count). The van der Waals surface area contributed by atoms with E-state index in [2.05, 4.69) is 0 Å². The molecular weight excluding hydrogens is 172 g/mol. The van der Waals surface area contributed by atoms with Crippen LogP contribution >= 0.6 is 0 Å². The molecule has 1 aliphatic rings. The van der Waals surface area contributed by atoms with Crippen molar-refractivity contribution in [2.24, 2.45) is 5.73 Å². The zero-order chi connectivity index (χ0) is 10.2. The third kappa shape index (κ3) is 1.44. The van der Waals surface area contributed by atoms with Crippen molar-refractivity contribution in [1.82, 2.24) is 4.90 Å². The SMILES string of the molecule is CC1=CC(=O)N(C(C)C(N)=O)C1=O. The molecule has 70 valence electrons. The van der Waals surface area contributed by atoms with E-state index in [-0.39, 0.29) is 0 Å². The molecule has 5 heteroatoms. The molecule has 13 heavy (non-hydrogen) atoms. The van der Waals surface area contributed by atoms with Gasteiger partial charge >= 0.3 is 0 Å². The average molecular weight is 182 g/mol. The van der Waals surface area contributed by atoms with Gasteiger partial charge in [-0.1, -0.05) is 0 Å². The molecule has 0 spiro atoms. The Morgan fingerprint density at radius 3 is 2.38 bits per heavy atom. The van der Waals surface area contributed by atoms with Gasteiger partial charge in [0.1, 0.15) is 6.04 Å². The Labute approximate surface area is 75.2 Å². The first kappa shape index (κ1) is 9.44. The van der Waals surface area contributed by atoms with Gasteiger partial charge in [-0.05, 0) is 13.8 Å². The summed E-state index contributed by atoms with van der Waals surface area (Å²) in [5.74, 6) is -1.62. The predicted octanol–water partition coefficient (Wildman–Crippen LogP) is -0.825. The molecule has 5 nitrogen and oxygen atoms in total. The largest absolute Gasteiger partial charge is 0.368 e. The monoisotopic (exact) mass is 182 g/mol. The number of carbonyl (C=O) groups is 3. The summed E-state index contributed by atoms with van der Waals surface area (Å²) < 4.78 is 0. The van der Waals surface area contributed by atoms with Crippen LogP contribution in [0.15, 0.2) is 11.6 Å². The Balaban J connectivity index is 2.91. The van der Waals surface area contributed by atoms with Gasteiger partial charge in [0.15, 0.2) is 0 Å². The van der Waals surface area contributed by atoms with Crippen LogP contribution in [-0.2, 0) is 14.4 Å². The molecule has 1 heterocycles. The van der Waals surface area contributed by atoms with E-state index in [0.717, 1.165) is 4.90 Å². The summed E-state index contributed by atoms with van der Waals surface area (Å²) in [6.45, 7) is 2.94. The number of primary amides is 1. The molecular formula is C8H10N2O3. The number of carbonyl (C=O) groups excluding carboxylic acids is 3. The van der Waals surface area contributed by atoms with Crippen LogP contribution in [0.1, 0.15) is 13.8 Å². The summed E-state index contributed by atoms with van der Waals surface area (Å²) in [5.41, 5.74) is 5.31. The van der Waals surface area contributed by atoms with Crippen LogP contribution in [0.25, 0.3) is 0 Å². The second kappa shape index (κ2) is 3.01. The molecule has 3 amide bonds. The van der Waals surface area contributed by atoms with Gasteiger partial charge in [0.2, 0.25) is 5.91 Å². The number of hydrogen-bond donors (Lipinski definition) is 1. The van der Waals surface area contributed by atoms with Crippen LogP contribution in [0.2, 0.25) is 0 Å². The molecule has 1 unspecified atom stereocenters. The van der Waals surface area contributed by atoms with E-state index in [1.54, 1.807) is 0 Å². The number of nitrogens with zero attached hydrogens (tertiary/aromatic N) is 1. The summed E-state index contributed by atoms with van der Waals surface area (Å²) in [6, 6.07) is -0.881. The fourth-order valence-corrected chi connectivity index (χ4v) is 1.10. The summed E-state index contributed by atoms with van der Waals surface area (Å²) in [4.78, 5) is 34.0. The number of rotatable bonds is 2. The number of imide groups is 1. The summed E-state index contributed by atoms with van der Waals surface area (Å²) in [5, 5.41) is 0. The molecule has 0 saturated carbocycles. The van der Waals surface area contributed by atoms with Gasteiger partial charge in [0.05, 0.1) is 0 Å². The van der Waals surface area contributed by atoms with Crippen LogP contribution in [0.4, 0.5) is 0 Å². The second-order valence-electron chi connectivity index (χ2n) is 2.92. The zero-order valence-electron chi connectivity index (χ0n) is 7.40. The number of hydrogen-bond acceptors (Lipinski definition) is 3. The van der Waals surface area contributed by atoms with Gasteiger partial charge in [-0.15, -0.1) is 0 Å². The molecule has 0 fully saturated rings. The van der Waals surface area contributed by atoms with Crippen molar-refractivity contribution in [2.45, 2.75) is 19.9 Å². The normalized spacial score (nSPS) is 18.9. The highest BCUT2D eigenvalue weighted by molar-refractivity contribution is 6.17. The van der Waals surface area contributed by atoms with Gasteiger partial charge in [-0.2, -0.15) is 0 Å². The van der Waals surface area contributed by atoms with Crippen molar-refractivity contribution in [2.75, 3.05) is 0 Å². The maximum Gasteiger partial charge on any atom is 0.257 e. The lowest BCUT2D eigenvalue weighted by Crippen LogP contribution is -2.46. The van der Waals surface area contributed by atoms with Crippen molar-refractivity contribution in [3.63, 3.8) is 0 Å². The molecule has 0 radical (unpaired) electrons.